The van der Waals surface area contributed by atoms with Crippen LogP contribution in [0.2, 0.25) is 0 Å². The van der Waals surface area contributed by atoms with Crippen molar-refractivity contribution < 1.29 is 17.6 Å². The zero-order valence-corrected chi connectivity index (χ0v) is 18.7. The molecule has 1 aliphatic heterocycles. The van der Waals surface area contributed by atoms with Gasteiger partial charge in [-0.05, 0) is 66.5 Å². The second-order valence-corrected chi connectivity index (χ2v) is 9.92. The topological polar surface area (TPSA) is 105 Å². The fraction of sp³-hybridized carbons (Fsp3) is 0.208. The first-order valence-corrected chi connectivity index (χ1v) is 12.2. The molecule has 0 saturated carbocycles. The van der Waals surface area contributed by atoms with Gasteiger partial charge < -0.3 is 10.7 Å². The number of para-hydroxylation sites is 1. The Morgan fingerprint density at radius 2 is 1.91 bits per heavy atom. The number of hydrogen-bond donors (Lipinski definition) is 3. The Bertz CT molecular complexity index is 1350. The van der Waals surface area contributed by atoms with Gasteiger partial charge >= 0.3 is 0 Å². The van der Waals surface area contributed by atoms with Crippen LogP contribution >= 0.6 is 0 Å². The summed E-state index contributed by atoms with van der Waals surface area (Å²) in [4.78, 5) is 13.1. The Balaban J connectivity index is 1.44. The Kier molecular flexibility index (Phi) is 5.10. The van der Waals surface area contributed by atoms with Crippen LogP contribution in [0.25, 0.3) is 0 Å². The number of sulfonamides is 1. The van der Waals surface area contributed by atoms with Crippen LogP contribution in [-0.4, -0.2) is 14.3 Å². The molecule has 2 aromatic rings. The lowest BCUT2D eigenvalue weighted by molar-refractivity contribution is -0.118. The van der Waals surface area contributed by atoms with Crippen LogP contribution in [0.4, 0.5) is 15.8 Å². The Hall–Kier alpha value is -3.43. The molecule has 7 nitrogen and oxygen atoms in total. The molecule has 1 heterocycles. The van der Waals surface area contributed by atoms with Gasteiger partial charge in [0.2, 0.25) is 15.9 Å². The fourth-order valence-corrected chi connectivity index (χ4v) is 5.60. The van der Waals surface area contributed by atoms with Crippen molar-refractivity contribution in [3.63, 3.8) is 0 Å². The highest BCUT2D eigenvalue weighted by atomic mass is 32.2. The minimum atomic E-state index is -3.97. The highest BCUT2D eigenvalue weighted by Gasteiger charge is 2.40. The number of nitrogens with one attached hydrogen (secondary N) is 2. The molecule has 0 unspecified atom stereocenters. The minimum absolute atomic E-state index is 0.00955. The van der Waals surface area contributed by atoms with Gasteiger partial charge in [0.05, 0.1) is 23.0 Å². The van der Waals surface area contributed by atoms with Gasteiger partial charge in [0, 0.05) is 17.7 Å². The van der Waals surface area contributed by atoms with Gasteiger partial charge in [0.15, 0.2) is 0 Å². The van der Waals surface area contributed by atoms with Crippen molar-refractivity contribution >= 4 is 27.3 Å². The smallest absolute Gasteiger partial charge is 0.240 e. The molecule has 2 atom stereocenters. The molecule has 0 spiro atoms. The van der Waals surface area contributed by atoms with Gasteiger partial charge in [-0.2, -0.15) is 0 Å². The quantitative estimate of drug-likeness (QED) is 0.639. The van der Waals surface area contributed by atoms with E-state index in [1.54, 1.807) is 24.3 Å². The van der Waals surface area contributed by atoms with Crippen LogP contribution in [0.3, 0.4) is 0 Å². The number of benzene rings is 2. The van der Waals surface area contributed by atoms with E-state index in [9.17, 15) is 17.6 Å². The van der Waals surface area contributed by atoms with Crippen LogP contribution in [-0.2, 0) is 14.8 Å². The Labute approximate surface area is 191 Å². The molecule has 9 heteroatoms. The average Bonchev–Trinajstić information content (AvgIpc) is 3.39. The predicted molar refractivity (Wildman–Crippen MR) is 124 cm³/mol. The number of amides is 1. The number of fused-ring (bicyclic) bond motifs is 1. The molecule has 0 saturated heterocycles. The van der Waals surface area contributed by atoms with Gasteiger partial charge in [-0.15, -0.1) is 0 Å². The first-order valence-electron chi connectivity index (χ1n) is 10.6. The number of rotatable bonds is 4. The number of carbonyl (C=O) groups excluding carboxylic acids is 1. The van der Waals surface area contributed by atoms with Crippen molar-refractivity contribution in [2.24, 2.45) is 17.0 Å². The summed E-state index contributed by atoms with van der Waals surface area (Å²) in [6.45, 7) is 2.06. The van der Waals surface area contributed by atoms with E-state index < -0.39 is 10.0 Å². The third kappa shape index (κ3) is 3.73. The highest BCUT2D eigenvalue weighted by molar-refractivity contribution is 7.89. The van der Waals surface area contributed by atoms with Crippen molar-refractivity contribution in [2.45, 2.75) is 24.7 Å². The average molecular weight is 467 g/mol. The maximum absolute atomic E-state index is 13.4. The number of nitrogens with zero attached hydrogens (tertiary/aromatic N) is 1. The van der Waals surface area contributed by atoms with Crippen LogP contribution in [0, 0.1) is 17.7 Å². The molecule has 1 amide bonds. The molecule has 33 heavy (non-hydrogen) atoms. The minimum Gasteiger partial charge on any atom is -0.324 e. The fourth-order valence-electron chi connectivity index (χ4n) is 4.91. The predicted octanol–water partition coefficient (Wildman–Crippen LogP) is 3.56. The number of nitrogens with two attached hydrogens (primary N) is 1. The SMILES string of the molecule is C[C@H]1C2=CNN(c3ccc(F)cc3)C2=CC2=C1[C@@H](C(=O)Nc1ccccc1S(N)(=O)=O)CC2. The van der Waals surface area contributed by atoms with E-state index in [-0.39, 0.29) is 34.1 Å². The number of carbonyl (C=O) groups is 1. The van der Waals surface area contributed by atoms with Crippen LogP contribution in [0.5, 0.6) is 0 Å². The highest BCUT2D eigenvalue weighted by Crippen LogP contribution is 2.48. The van der Waals surface area contributed by atoms with Crippen molar-refractivity contribution in [3.05, 3.63) is 89.0 Å². The lowest BCUT2D eigenvalue weighted by Crippen LogP contribution is -2.31. The number of halogens is 1. The molecule has 0 aromatic heterocycles. The Morgan fingerprint density at radius 3 is 2.64 bits per heavy atom. The summed E-state index contributed by atoms with van der Waals surface area (Å²) in [6.07, 6.45) is 5.37. The summed E-state index contributed by atoms with van der Waals surface area (Å²) in [7, 11) is -3.97. The van der Waals surface area contributed by atoms with Gasteiger partial charge in [0.25, 0.3) is 0 Å². The first-order chi connectivity index (χ1) is 15.7. The molecule has 2 aliphatic carbocycles. The number of allylic oxidation sites excluding steroid dienone is 3. The van der Waals surface area contributed by atoms with Gasteiger partial charge in [-0.1, -0.05) is 19.1 Å². The van der Waals surface area contributed by atoms with Crippen molar-refractivity contribution in [1.29, 1.82) is 0 Å². The molecule has 0 bridgehead atoms. The molecule has 3 aliphatic rings. The monoisotopic (exact) mass is 466 g/mol. The second kappa shape index (κ2) is 7.86. The van der Waals surface area contributed by atoms with Crippen molar-refractivity contribution in [1.82, 2.24) is 5.43 Å². The molecule has 2 aromatic carbocycles. The molecule has 0 fully saturated rings. The molecular formula is C24H23FN4O3S. The molecule has 4 N–H and O–H groups in total. The number of hydrazine groups is 1. The second-order valence-electron chi connectivity index (χ2n) is 8.39. The lowest BCUT2D eigenvalue weighted by Gasteiger charge is -2.29. The van der Waals surface area contributed by atoms with E-state index in [0.29, 0.717) is 6.42 Å². The zero-order valence-electron chi connectivity index (χ0n) is 17.9. The summed E-state index contributed by atoms with van der Waals surface area (Å²) in [5.41, 5.74) is 8.40. The molecular weight excluding hydrogens is 443 g/mol. The zero-order chi connectivity index (χ0) is 23.3. The van der Waals surface area contributed by atoms with Crippen LogP contribution < -0.4 is 20.9 Å². The van der Waals surface area contributed by atoms with E-state index in [0.717, 1.165) is 34.5 Å². The van der Waals surface area contributed by atoms with E-state index in [2.05, 4.69) is 23.7 Å². The lowest BCUT2D eigenvalue weighted by atomic mass is 9.80. The standard InChI is InChI=1S/C24H23FN4O3S/c1-14-19-13-27-29(17-9-7-16(25)8-10-17)21(19)12-15-6-11-18(23(14)15)24(30)28-20-4-2-3-5-22(20)33(26,31)32/h2-5,7-10,12-14,18,27H,6,11H2,1H3,(H,28,30)(H2,26,31,32)/t14-,18-/m0/s1. The van der Waals surface area contributed by atoms with E-state index in [1.165, 1.54) is 24.3 Å². The number of hydrogen-bond acceptors (Lipinski definition) is 5. The van der Waals surface area contributed by atoms with E-state index in [4.69, 9.17) is 5.14 Å². The van der Waals surface area contributed by atoms with E-state index in [1.807, 2.05) is 11.2 Å². The summed E-state index contributed by atoms with van der Waals surface area (Å²) in [5, 5.41) is 9.99. The van der Waals surface area contributed by atoms with Crippen LogP contribution in [0.1, 0.15) is 19.8 Å². The normalized spacial score (nSPS) is 21.7. The van der Waals surface area contributed by atoms with Crippen molar-refractivity contribution in [2.75, 3.05) is 10.3 Å². The molecule has 5 rings (SSSR count). The number of anilines is 2. The van der Waals surface area contributed by atoms with Gasteiger partial charge in [-0.3, -0.25) is 9.80 Å². The maximum Gasteiger partial charge on any atom is 0.240 e. The van der Waals surface area contributed by atoms with Crippen molar-refractivity contribution in [3.8, 4) is 0 Å². The largest absolute Gasteiger partial charge is 0.324 e. The third-order valence-corrected chi connectivity index (χ3v) is 7.40. The number of primary sulfonamides is 1. The van der Waals surface area contributed by atoms with Crippen LogP contribution in [0.15, 0.2) is 88.1 Å². The van der Waals surface area contributed by atoms with E-state index >= 15 is 0 Å². The third-order valence-electron chi connectivity index (χ3n) is 6.43. The van der Waals surface area contributed by atoms with Gasteiger partial charge in [-0.25, -0.2) is 17.9 Å². The molecule has 170 valence electrons. The van der Waals surface area contributed by atoms with Gasteiger partial charge in [0.1, 0.15) is 10.7 Å². The Morgan fingerprint density at radius 1 is 1.18 bits per heavy atom. The summed E-state index contributed by atoms with van der Waals surface area (Å²) < 4.78 is 37.2. The summed E-state index contributed by atoms with van der Waals surface area (Å²) in [6, 6.07) is 12.4. The summed E-state index contributed by atoms with van der Waals surface area (Å²) in [5.74, 6) is -0.927. The first kappa shape index (κ1) is 21.4. The maximum atomic E-state index is 13.4. The summed E-state index contributed by atoms with van der Waals surface area (Å²) >= 11 is 0. The molecule has 0 radical (unpaired) electrons.